The molecule has 2 aliphatic heterocycles. The van der Waals surface area contributed by atoms with Crippen molar-refractivity contribution in [3.05, 3.63) is 48.3 Å². The number of amides is 1. The third-order valence-electron chi connectivity index (χ3n) is 5.48. The Morgan fingerprint density at radius 2 is 1.77 bits per heavy atom. The van der Waals surface area contributed by atoms with Crippen molar-refractivity contribution in [2.24, 2.45) is 4.99 Å². The van der Waals surface area contributed by atoms with E-state index in [1.165, 1.54) is 0 Å². The maximum atomic E-state index is 11.9. The van der Waals surface area contributed by atoms with Gasteiger partial charge in [-0.1, -0.05) is 12.1 Å². The number of anilines is 2. The van der Waals surface area contributed by atoms with Gasteiger partial charge in [0.15, 0.2) is 5.96 Å². The Balaban J connectivity index is 0.00000272. The summed E-state index contributed by atoms with van der Waals surface area (Å²) in [4.78, 5) is 31.8. The van der Waals surface area contributed by atoms with Crippen LogP contribution in [0.15, 0.2) is 47.7 Å². The number of aromatic nitrogens is 2. The van der Waals surface area contributed by atoms with Crippen LogP contribution in [0.5, 0.6) is 0 Å². The van der Waals surface area contributed by atoms with E-state index < -0.39 is 0 Å². The van der Waals surface area contributed by atoms with Gasteiger partial charge in [-0.25, -0.2) is 15.0 Å². The molecule has 9 heteroatoms. The molecule has 0 atom stereocenters. The Labute approximate surface area is 200 Å². The van der Waals surface area contributed by atoms with Gasteiger partial charge in [0.05, 0.1) is 6.54 Å². The van der Waals surface area contributed by atoms with Gasteiger partial charge in [0.25, 0.3) is 0 Å². The predicted molar refractivity (Wildman–Crippen MR) is 134 cm³/mol. The van der Waals surface area contributed by atoms with Crippen molar-refractivity contribution in [3.63, 3.8) is 0 Å². The quantitative estimate of drug-likeness (QED) is 0.361. The number of rotatable bonds is 5. The zero-order chi connectivity index (χ0) is 20.8. The molecule has 0 radical (unpaired) electrons. The van der Waals surface area contributed by atoms with Crippen LogP contribution in [0.3, 0.4) is 0 Å². The van der Waals surface area contributed by atoms with Crippen LogP contribution in [0.1, 0.15) is 25.3 Å². The van der Waals surface area contributed by atoms with E-state index >= 15 is 0 Å². The van der Waals surface area contributed by atoms with Crippen LogP contribution >= 0.6 is 24.0 Å². The minimum atomic E-state index is 0. The van der Waals surface area contributed by atoms with Gasteiger partial charge in [0, 0.05) is 63.8 Å². The third kappa shape index (κ3) is 5.84. The minimum absolute atomic E-state index is 0. The van der Waals surface area contributed by atoms with Crippen LogP contribution in [-0.2, 0) is 11.3 Å². The molecule has 1 aromatic heterocycles. The van der Waals surface area contributed by atoms with Crippen LogP contribution in [0, 0.1) is 0 Å². The molecule has 1 amide bonds. The van der Waals surface area contributed by atoms with E-state index in [0.717, 1.165) is 68.8 Å². The van der Waals surface area contributed by atoms with Gasteiger partial charge in [0.1, 0.15) is 0 Å². The van der Waals surface area contributed by atoms with Gasteiger partial charge in [-0.05, 0) is 37.1 Å². The second-order valence-electron chi connectivity index (χ2n) is 7.51. The SMILES string of the molecule is CCNC(=NCc1ccc(N2CCCC2=O)cc1)N1CCN(c2ncccn2)CC1.I. The number of hydrogen-bond donors (Lipinski definition) is 1. The number of benzene rings is 1. The number of halogens is 1. The average Bonchev–Trinajstić information content (AvgIpc) is 3.23. The zero-order valence-electron chi connectivity index (χ0n) is 17.9. The number of piperazine rings is 1. The van der Waals surface area contributed by atoms with Gasteiger partial charge >= 0.3 is 0 Å². The molecular weight excluding hydrogens is 505 g/mol. The number of aliphatic imine (C=N–C) groups is 1. The topological polar surface area (TPSA) is 77.0 Å². The fraction of sp³-hybridized carbons (Fsp3) is 0.455. The summed E-state index contributed by atoms with van der Waals surface area (Å²) in [5.74, 6) is 1.94. The highest BCUT2D eigenvalue weighted by Crippen LogP contribution is 2.21. The molecule has 2 aromatic rings. The summed E-state index contributed by atoms with van der Waals surface area (Å²) in [7, 11) is 0. The zero-order valence-corrected chi connectivity index (χ0v) is 20.2. The van der Waals surface area contributed by atoms with Crippen molar-refractivity contribution in [2.75, 3.05) is 49.1 Å². The molecule has 2 saturated heterocycles. The van der Waals surface area contributed by atoms with E-state index in [-0.39, 0.29) is 29.9 Å². The molecule has 3 heterocycles. The fourth-order valence-electron chi connectivity index (χ4n) is 3.87. The lowest BCUT2D eigenvalue weighted by molar-refractivity contribution is -0.117. The number of hydrogen-bond acceptors (Lipinski definition) is 5. The summed E-state index contributed by atoms with van der Waals surface area (Å²) < 4.78 is 0. The summed E-state index contributed by atoms with van der Waals surface area (Å²) in [6, 6.07) is 10.0. The van der Waals surface area contributed by atoms with Crippen molar-refractivity contribution in [1.82, 2.24) is 20.2 Å². The highest BCUT2D eigenvalue weighted by Gasteiger charge is 2.22. The van der Waals surface area contributed by atoms with Crippen LogP contribution in [0.25, 0.3) is 0 Å². The van der Waals surface area contributed by atoms with Gasteiger partial charge in [-0.15, -0.1) is 24.0 Å². The van der Waals surface area contributed by atoms with Gasteiger partial charge < -0.3 is 20.0 Å². The molecule has 31 heavy (non-hydrogen) atoms. The second kappa shape index (κ2) is 11.3. The van der Waals surface area contributed by atoms with Crippen molar-refractivity contribution >= 4 is 47.5 Å². The largest absolute Gasteiger partial charge is 0.357 e. The van der Waals surface area contributed by atoms with E-state index in [4.69, 9.17) is 4.99 Å². The van der Waals surface area contributed by atoms with E-state index in [9.17, 15) is 4.79 Å². The van der Waals surface area contributed by atoms with Crippen LogP contribution in [0.2, 0.25) is 0 Å². The third-order valence-corrected chi connectivity index (χ3v) is 5.48. The van der Waals surface area contributed by atoms with E-state index in [1.54, 1.807) is 12.4 Å². The Kier molecular flexibility index (Phi) is 8.44. The smallest absolute Gasteiger partial charge is 0.227 e. The summed E-state index contributed by atoms with van der Waals surface area (Å²) in [5.41, 5.74) is 2.12. The molecule has 4 rings (SSSR count). The first-order valence-corrected chi connectivity index (χ1v) is 10.7. The first-order chi connectivity index (χ1) is 14.7. The molecule has 0 saturated carbocycles. The molecule has 0 bridgehead atoms. The molecule has 166 valence electrons. The van der Waals surface area contributed by atoms with Crippen LogP contribution in [-0.4, -0.2) is 66.0 Å². The number of nitrogens with zero attached hydrogens (tertiary/aromatic N) is 6. The van der Waals surface area contributed by atoms with Crippen molar-refractivity contribution < 1.29 is 4.79 Å². The Bertz CT molecular complexity index is 867. The lowest BCUT2D eigenvalue weighted by atomic mass is 10.2. The molecule has 2 aliphatic rings. The lowest BCUT2D eigenvalue weighted by Crippen LogP contribution is -2.52. The summed E-state index contributed by atoms with van der Waals surface area (Å²) in [6.07, 6.45) is 5.17. The van der Waals surface area contributed by atoms with Gasteiger partial charge in [-0.2, -0.15) is 0 Å². The molecule has 1 N–H and O–H groups in total. The summed E-state index contributed by atoms with van der Waals surface area (Å²) in [6.45, 7) is 7.84. The van der Waals surface area contributed by atoms with Crippen LogP contribution in [0.4, 0.5) is 11.6 Å². The standard InChI is InChI=1S/C22H29N7O.HI/c1-2-23-21(27-13-15-28(16-14-27)22-24-10-4-11-25-22)26-17-18-6-8-19(9-7-18)29-12-3-5-20(29)30;/h4,6-11H,2-3,5,12-17H2,1H3,(H,23,26);1H. The van der Waals surface area contributed by atoms with Gasteiger partial charge in [-0.3, -0.25) is 4.79 Å². The van der Waals surface area contributed by atoms with Crippen molar-refractivity contribution in [2.45, 2.75) is 26.3 Å². The minimum Gasteiger partial charge on any atom is -0.357 e. The highest BCUT2D eigenvalue weighted by atomic mass is 127. The second-order valence-corrected chi connectivity index (χ2v) is 7.51. The van der Waals surface area contributed by atoms with Gasteiger partial charge in [0.2, 0.25) is 11.9 Å². The molecule has 0 unspecified atom stereocenters. The Morgan fingerprint density at radius 1 is 1.06 bits per heavy atom. The Morgan fingerprint density at radius 3 is 2.39 bits per heavy atom. The number of nitrogens with one attached hydrogen (secondary N) is 1. The maximum Gasteiger partial charge on any atom is 0.227 e. The first-order valence-electron chi connectivity index (χ1n) is 10.7. The average molecular weight is 535 g/mol. The van der Waals surface area contributed by atoms with E-state index in [1.807, 2.05) is 23.1 Å². The van der Waals surface area contributed by atoms with E-state index in [2.05, 4.69) is 44.1 Å². The van der Waals surface area contributed by atoms with Crippen molar-refractivity contribution in [3.8, 4) is 0 Å². The molecular formula is C22H30IN7O. The number of carbonyl (C=O) groups is 1. The number of carbonyl (C=O) groups excluding carboxylic acids is 1. The normalized spacial score (nSPS) is 17.0. The summed E-state index contributed by atoms with van der Waals surface area (Å²) in [5, 5.41) is 3.41. The summed E-state index contributed by atoms with van der Waals surface area (Å²) >= 11 is 0. The molecule has 0 spiro atoms. The van der Waals surface area contributed by atoms with E-state index in [0.29, 0.717) is 13.0 Å². The van der Waals surface area contributed by atoms with Crippen LogP contribution < -0.4 is 15.1 Å². The van der Waals surface area contributed by atoms with Crippen molar-refractivity contribution in [1.29, 1.82) is 0 Å². The molecule has 1 aromatic carbocycles. The maximum absolute atomic E-state index is 11.9. The Hall–Kier alpha value is -2.43. The highest BCUT2D eigenvalue weighted by molar-refractivity contribution is 14.0. The predicted octanol–water partition coefficient (Wildman–Crippen LogP) is 2.51. The number of guanidine groups is 1. The first kappa shape index (κ1) is 23.2. The lowest BCUT2D eigenvalue weighted by Gasteiger charge is -2.36. The molecule has 0 aliphatic carbocycles. The monoisotopic (exact) mass is 535 g/mol. The molecule has 8 nitrogen and oxygen atoms in total. The fourth-order valence-corrected chi connectivity index (χ4v) is 3.87. The molecule has 2 fully saturated rings.